The van der Waals surface area contributed by atoms with Crippen molar-refractivity contribution in [3.8, 4) is 0 Å². The minimum absolute atomic E-state index is 0.335. The van der Waals surface area contributed by atoms with Gasteiger partial charge in [-0.05, 0) is 71.6 Å². The topological polar surface area (TPSA) is 128 Å². The molecule has 2 aliphatic carbocycles. The van der Waals surface area contributed by atoms with Crippen LogP contribution in [0.15, 0.2) is 18.2 Å². The van der Waals surface area contributed by atoms with Gasteiger partial charge in [0.2, 0.25) is 0 Å². The van der Waals surface area contributed by atoms with Gasteiger partial charge >= 0.3 is 15.6 Å². The van der Waals surface area contributed by atoms with E-state index in [0.29, 0.717) is 16.7 Å². The van der Waals surface area contributed by atoms with E-state index in [1.165, 1.54) is 37.7 Å². The molecule has 1 aromatic rings. The molecule has 4 N–H and O–H groups in total. The molecule has 0 heterocycles. The summed E-state index contributed by atoms with van der Waals surface area (Å²) in [7, 11) is -7.18. The second-order valence-electron chi connectivity index (χ2n) is 9.68. The van der Waals surface area contributed by atoms with Crippen LogP contribution in [0.3, 0.4) is 0 Å². The van der Waals surface area contributed by atoms with Crippen molar-refractivity contribution in [2.45, 2.75) is 71.1 Å². The molecular weight excluding hydrogens is 452 g/mol. The highest BCUT2D eigenvalue weighted by Gasteiger charge is 2.51. The Morgan fingerprint density at radius 2 is 1.72 bits per heavy atom. The molecule has 5 unspecified atom stereocenters. The summed E-state index contributed by atoms with van der Waals surface area (Å²) >= 11 is 0. The van der Waals surface area contributed by atoms with Gasteiger partial charge in [-0.25, -0.2) is 9.13 Å². The predicted octanol–water partition coefficient (Wildman–Crippen LogP) is 5.28. The van der Waals surface area contributed by atoms with Crippen LogP contribution in [0, 0.1) is 11.3 Å². The molecule has 0 amide bonds. The number of fused-ring (bicyclic) bond motifs is 3. The minimum atomic E-state index is -4.45. The van der Waals surface area contributed by atoms with Crippen LogP contribution in [-0.2, 0) is 34.3 Å². The molecule has 1 fully saturated rings. The Hall–Kier alpha value is -0.560. The van der Waals surface area contributed by atoms with Crippen LogP contribution in [0.2, 0.25) is 0 Å². The fourth-order valence-corrected chi connectivity index (χ4v) is 7.02. The van der Waals surface area contributed by atoms with Crippen molar-refractivity contribution in [2.24, 2.45) is 17.1 Å². The first-order valence-corrected chi connectivity index (χ1v) is 14.0. The molecule has 0 aliphatic heterocycles. The Labute approximate surface area is 192 Å². The highest BCUT2D eigenvalue weighted by Crippen LogP contribution is 2.59. The van der Waals surface area contributed by atoms with Gasteiger partial charge in [0.25, 0.3) is 0 Å². The van der Waals surface area contributed by atoms with Crippen LogP contribution < -0.4 is 5.73 Å². The molecule has 32 heavy (non-hydrogen) atoms. The lowest BCUT2D eigenvalue weighted by atomic mass is 9.50. The quantitative estimate of drug-likeness (QED) is 0.459. The molecule has 1 saturated carbocycles. The highest BCUT2D eigenvalue weighted by molar-refractivity contribution is 7.61. The van der Waals surface area contributed by atoms with Crippen molar-refractivity contribution in [3.63, 3.8) is 0 Å². The molecule has 8 nitrogen and oxygen atoms in total. The molecule has 5 atom stereocenters. The average Bonchev–Trinajstić information content (AvgIpc) is 2.73. The minimum Gasteiger partial charge on any atom is -0.330 e. The van der Waals surface area contributed by atoms with E-state index in [4.69, 9.17) is 15.5 Å². The Kier molecular flexibility index (Phi) is 8.97. The normalized spacial score (nSPS) is 30.9. The van der Waals surface area contributed by atoms with E-state index in [0.717, 1.165) is 26.7 Å². The molecule has 2 aliphatic rings. The summed E-state index contributed by atoms with van der Waals surface area (Å²) in [5.41, 5.74) is 11.6. The zero-order valence-corrected chi connectivity index (χ0v) is 21.8. The van der Waals surface area contributed by atoms with Crippen LogP contribution in [0.1, 0.15) is 76.0 Å². The lowest BCUT2D eigenvalue weighted by Crippen LogP contribution is -2.51. The Balaban J connectivity index is 0.000000282. The third kappa shape index (κ3) is 6.11. The van der Waals surface area contributed by atoms with E-state index < -0.39 is 15.6 Å². The smallest absolute Gasteiger partial charge is 0.330 e. The van der Waals surface area contributed by atoms with Gasteiger partial charge in [-0.1, -0.05) is 52.3 Å². The van der Waals surface area contributed by atoms with Gasteiger partial charge in [0, 0.05) is 14.2 Å². The zero-order chi connectivity index (χ0) is 24.4. The average molecular weight is 492 g/mol. The summed E-state index contributed by atoms with van der Waals surface area (Å²) in [6.07, 6.45) is 6.53. The zero-order valence-electron chi connectivity index (χ0n) is 20.0. The standard InChI is InChI=1S/C20H31N.C2H8O7P2/c1-14(2)15-6-8-17-16(12-15)7-9-18-19(3,13-21)10-5-11-20(17,18)4;1-7-10(3,4)9-11(5,6)8-2/h6,8,12,14,18H,5,7,9-11,13,21H2,1-4H3;1-2H3,(H,3,4)(H,5,6). The van der Waals surface area contributed by atoms with Gasteiger partial charge in [-0.3, -0.25) is 9.05 Å². The van der Waals surface area contributed by atoms with Gasteiger partial charge in [-0.15, -0.1) is 0 Å². The van der Waals surface area contributed by atoms with Crippen LogP contribution in [-0.4, -0.2) is 30.6 Å². The van der Waals surface area contributed by atoms with Gasteiger partial charge in [-0.2, -0.15) is 4.31 Å². The predicted molar refractivity (Wildman–Crippen MR) is 125 cm³/mol. The van der Waals surface area contributed by atoms with Gasteiger partial charge in [0.05, 0.1) is 0 Å². The molecule has 0 spiro atoms. The number of phosphoric acid groups is 2. The van der Waals surface area contributed by atoms with E-state index in [1.807, 2.05) is 0 Å². The van der Waals surface area contributed by atoms with Crippen molar-refractivity contribution in [3.05, 3.63) is 34.9 Å². The molecule has 0 saturated heterocycles. The van der Waals surface area contributed by atoms with Crippen LogP contribution in [0.25, 0.3) is 0 Å². The first kappa shape index (κ1) is 27.7. The van der Waals surface area contributed by atoms with E-state index in [2.05, 4.69) is 59.3 Å². The number of hydrogen-bond donors (Lipinski definition) is 3. The number of hydrogen-bond acceptors (Lipinski definition) is 6. The maximum Gasteiger partial charge on any atom is 0.480 e. The van der Waals surface area contributed by atoms with Crippen molar-refractivity contribution in [1.82, 2.24) is 0 Å². The molecule has 3 rings (SSSR count). The van der Waals surface area contributed by atoms with E-state index >= 15 is 0 Å². The first-order valence-electron chi connectivity index (χ1n) is 11.1. The number of phosphoric ester groups is 2. The summed E-state index contributed by atoms with van der Waals surface area (Å²) in [4.78, 5) is 17.0. The lowest BCUT2D eigenvalue weighted by molar-refractivity contribution is 0.0326. The molecule has 0 radical (unpaired) electrons. The van der Waals surface area contributed by atoms with Crippen molar-refractivity contribution in [1.29, 1.82) is 0 Å². The summed E-state index contributed by atoms with van der Waals surface area (Å²) in [5.74, 6) is 1.38. The summed E-state index contributed by atoms with van der Waals surface area (Å²) in [6.45, 7) is 10.4. The monoisotopic (exact) mass is 491 g/mol. The third-order valence-corrected chi connectivity index (χ3v) is 9.88. The second kappa shape index (κ2) is 10.4. The molecule has 10 heteroatoms. The van der Waals surface area contributed by atoms with Gasteiger partial charge in [0.1, 0.15) is 0 Å². The van der Waals surface area contributed by atoms with Crippen LogP contribution in [0.4, 0.5) is 0 Å². The van der Waals surface area contributed by atoms with Crippen LogP contribution >= 0.6 is 15.6 Å². The number of benzene rings is 1. The van der Waals surface area contributed by atoms with E-state index in [1.54, 1.807) is 11.1 Å². The van der Waals surface area contributed by atoms with Crippen molar-refractivity contribution >= 4 is 15.6 Å². The molecule has 0 bridgehead atoms. The second-order valence-corrected chi connectivity index (χ2v) is 12.9. The first-order chi connectivity index (χ1) is 14.7. The largest absolute Gasteiger partial charge is 0.480 e. The maximum atomic E-state index is 10.5. The van der Waals surface area contributed by atoms with E-state index in [-0.39, 0.29) is 0 Å². The van der Waals surface area contributed by atoms with E-state index in [9.17, 15) is 9.13 Å². The molecular formula is C22H39NO7P2. The Morgan fingerprint density at radius 3 is 2.22 bits per heavy atom. The summed E-state index contributed by atoms with van der Waals surface area (Å²) in [5, 5.41) is 0. The molecule has 0 aromatic heterocycles. The lowest BCUT2D eigenvalue weighted by Gasteiger charge is -2.55. The number of aryl methyl sites for hydroxylation is 1. The Bertz CT molecular complexity index is 871. The summed E-state index contributed by atoms with van der Waals surface area (Å²) in [6, 6.07) is 7.29. The fourth-order valence-electron chi connectivity index (χ4n) is 5.44. The van der Waals surface area contributed by atoms with Crippen molar-refractivity contribution in [2.75, 3.05) is 20.8 Å². The van der Waals surface area contributed by atoms with Gasteiger partial charge < -0.3 is 15.5 Å². The van der Waals surface area contributed by atoms with Gasteiger partial charge in [0.15, 0.2) is 0 Å². The fraction of sp³-hybridized carbons (Fsp3) is 0.727. The summed E-state index contributed by atoms with van der Waals surface area (Å²) < 4.78 is 32.3. The molecule has 1 aromatic carbocycles. The van der Waals surface area contributed by atoms with Crippen LogP contribution in [0.5, 0.6) is 0 Å². The molecule has 184 valence electrons. The maximum absolute atomic E-state index is 10.5. The third-order valence-electron chi connectivity index (χ3n) is 7.30. The van der Waals surface area contributed by atoms with Crippen molar-refractivity contribution < 1.29 is 32.3 Å². The Morgan fingerprint density at radius 1 is 1.12 bits per heavy atom. The highest BCUT2D eigenvalue weighted by atomic mass is 31.3. The SMILES string of the molecule is CC(C)c1ccc2c(c1)CCC1C(C)(CN)CCCC21C.COP(=O)(O)OP(=O)(O)OC. The number of nitrogens with two attached hydrogens (primary N) is 1. The number of rotatable bonds is 6.